The van der Waals surface area contributed by atoms with Gasteiger partial charge in [0.05, 0.1) is 14.2 Å². The molecule has 4 nitrogen and oxygen atoms in total. The highest BCUT2D eigenvalue weighted by Gasteiger charge is 2.17. The van der Waals surface area contributed by atoms with Crippen molar-refractivity contribution in [3.8, 4) is 0 Å². The van der Waals surface area contributed by atoms with E-state index >= 15 is 0 Å². The number of rotatable bonds is 5. The lowest BCUT2D eigenvalue weighted by Crippen LogP contribution is -2.27. The molecule has 0 fully saturated rings. The van der Waals surface area contributed by atoms with Crippen molar-refractivity contribution in [3.63, 3.8) is 0 Å². The standard InChI is InChI=1S/C14H14BrNO3S2/c1-21(18,19)12-5-3-2-4-11(12)14(17)16-9-8-10-6-7-13(15)20-10/h2-7H,8-9H2,1H3,(H,16,17). The summed E-state index contributed by atoms with van der Waals surface area (Å²) in [5, 5.41) is 2.76. The molecule has 1 amide bonds. The van der Waals surface area contributed by atoms with Crippen LogP contribution in [0.15, 0.2) is 45.1 Å². The number of hydrogen-bond acceptors (Lipinski definition) is 4. The van der Waals surface area contributed by atoms with Gasteiger partial charge in [-0.3, -0.25) is 4.79 Å². The third kappa shape index (κ3) is 4.39. The molecule has 1 N–H and O–H groups in total. The molecule has 0 aliphatic rings. The molecule has 1 aromatic carbocycles. The lowest BCUT2D eigenvalue weighted by atomic mass is 10.2. The van der Waals surface area contributed by atoms with Crippen molar-refractivity contribution < 1.29 is 13.2 Å². The number of hydrogen-bond donors (Lipinski definition) is 1. The Balaban J connectivity index is 2.04. The van der Waals surface area contributed by atoms with Crippen LogP contribution in [0.2, 0.25) is 0 Å². The van der Waals surface area contributed by atoms with E-state index in [4.69, 9.17) is 0 Å². The maximum absolute atomic E-state index is 12.1. The molecule has 7 heteroatoms. The summed E-state index contributed by atoms with van der Waals surface area (Å²) >= 11 is 5.00. The molecule has 0 aliphatic heterocycles. The van der Waals surface area contributed by atoms with Crippen LogP contribution in [-0.4, -0.2) is 27.1 Å². The minimum Gasteiger partial charge on any atom is -0.352 e. The number of amides is 1. The van der Waals surface area contributed by atoms with E-state index in [2.05, 4.69) is 21.2 Å². The van der Waals surface area contributed by atoms with E-state index in [0.717, 1.165) is 14.9 Å². The third-order valence-electron chi connectivity index (χ3n) is 2.82. The molecule has 1 aromatic heterocycles. The van der Waals surface area contributed by atoms with Gasteiger partial charge >= 0.3 is 0 Å². The Morgan fingerprint density at radius 3 is 2.57 bits per heavy atom. The quantitative estimate of drug-likeness (QED) is 0.857. The monoisotopic (exact) mass is 387 g/mol. The molecule has 0 saturated carbocycles. The van der Waals surface area contributed by atoms with Crippen molar-refractivity contribution in [3.05, 3.63) is 50.6 Å². The van der Waals surface area contributed by atoms with Gasteiger partial charge in [0.1, 0.15) is 0 Å². The molecule has 0 aliphatic carbocycles. The topological polar surface area (TPSA) is 63.2 Å². The second-order valence-electron chi connectivity index (χ2n) is 4.48. The molecular weight excluding hydrogens is 374 g/mol. The Morgan fingerprint density at radius 1 is 1.24 bits per heavy atom. The molecule has 0 saturated heterocycles. The number of nitrogens with one attached hydrogen (secondary N) is 1. The van der Waals surface area contributed by atoms with Crippen molar-refractivity contribution in [1.29, 1.82) is 0 Å². The zero-order valence-electron chi connectivity index (χ0n) is 11.3. The van der Waals surface area contributed by atoms with Gasteiger partial charge in [-0.15, -0.1) is 11.3 Å². The molecule has 0 unspecified atom stereocenters. The Labute approximate surface area is 136 Å². The molecule has 0 spiro atoms. The van der Waals surface area contributed by atoms with Gasteiger partial charge in [0.15, 0.2) is 9.84 Å². The number of sulfone groups is 1. The number of halogens is 1. The molecule has 0 bridgehead atoms. The lowest BCUT2D eigenvalue weighted by Gasteiger charge is -2.08. The first-order valence-electron chi connectivity index (χ1n) is 6.19. The molecule has 2 rings (SSSR count). The van der Waals surface area contributed by atoms with Gasteiger partial charge in [-0.2, -0.15) is 0 Å². The van der Waals surface area contributed by atoms with Gasteiger partial charge in [-0.05, 0) is 46.6 Å². The largest absolute Gasteiger partial charge is 0.352 e. The van der Waals surface area contributed by atoms with Gasteiger partial charge in [0, 0.05) is 17.7 Å². The average Bonchev–Trinajstić information content (AvgIpc) is 2.83. The predicted molar refractivity (Wildman–Crippen MR) is 87.6 cm³/mol. The number of benzene rings is 1. The Morgan fingerprint density at radius 2 is 1.95 bits per heavy atom. The number of carbonyl (C=O) groups is 1. The summed E-state index contributed by atoms with van der Waals surface area (Å²) in [5.41, 5.74) is 0.187. The lowest BCUT2D eigenvalue weighted by molar-refractivity contribution is 0.0951. The van der Waals surface area contributed by atoms with Gasteiger partial charge in [0.25, 0.3) is 5.91 Å². The Hall–Kier alpha value is -1.18. The second kappa shape index (κ2) is 6.72. The fraction of sp³-hybridized carbons (Fsp3) is 0.214. The predicted octanol–water partition coefficient (Wildman–Crippen LogP) is 2.89. The van der Waals surface area contributed by atoms with Crippen molar-refractivity contribution in [2.45, 2.75) is 11.3 Å². The highest BCUT2D eigenvalue weighted by Crippen LogP contribution is 2.22. The molecular formula is C14H14BrNO3S2. The smallest absolute Gasteiger partial charge is 0.252 e. The number of carbonyl (C=O) groups excluding carboxylic acids is 1. The normalized spacial score (nSPS) is 11.3. The van der Waals surface area contributed by atoms with Crippen LogP contribution < -0.4 is 5.32 Å². The van der Waals surface area contributed by atoms with E-state index in [0.29, 0.717) is 13.0 Å². The summed E-state index contributed by atoms with van der Waals surface area (Å²) in [5.74, 6) is -0.369. The van der Waals surface area contributed by atoms with E-state index < -0.39 is 9.84 Å². The minimum absolute atomic E-state index is 0.0568. The van der Waals surface area contributed by atoms with E-state index in [9.17, 15) is 13.2 Å². The molecule has 112 valence electrons. The van der Waals surface area contributed by atoms with Crippen molar-refractivity contribution in [1.82, 2.24) is 5.32 Å². The van der Waals surface area contributed by atoms with Crippen LogP contribution >= 0.6 is 27.3 Å². The summed E-state index contributed by atoms with van der Waals surface area (Å²) < 4.78 is 24.4. The average molecular weight is 388 g/mol. The van der Waals surface area contributed by atoms with Crippen LogP contribution in [0.3, 0.4) is 0 Å². The van der Waals surface area contributed by atoms with Gasteiger partial charge in [-0.1, -0.05) is 12.1 Å². The van der Waals surface area contributed by atoms with Crippen LogP contribution in [0.1, 0.15) is 15.2 Å². The first-order chi connectivity index (χ1) is 9.88. The zero-order chi connectivity index (χ0) is 15.5. The Kier molecular flexibility index (Phi) is 5.18. The summed E-state index contributed by atoms with van der Waals surface area (Å²) in [4.78, 5) is 13.3. The molecule has 21 heavy (non-hydrogen) atoms. The zero-order valence-corrected chi connectivity index (χ0v) is 14.5. The van der Waals surface area contributed by atoms with E-state index in [1.165, 1.54) is 12.1 Å². The van der Waals surface area contributed by atoms with Crippen molar-refractivity contribution >= 4 is 43.0 Å². The van der Waals surface area contributed by atoms with Gasteiger partial charge in [-0.25, -0.2) is 8.42 Å². The van der Waals surface area contributed by atoms with E-state index in [-0.39, 0.29) is 16.4 Å². The molecule has 0 radical (unpaired) electrons. The summed E-state index contributed by atoms with van der Waals surface area (Å²) in [6.45, 7) is 0.462. The molecule has 2 aromatic rings. The fourth-order valence-electron chi connectivity index (χ4n) is 1.86. The van der Waals surface area contributed by atoms with Gasteiger partial charge in [0.2, 0.25) is 0 Å². The molecule has 0 atom stereocenters. The highest BCUT2D eigenvalue weighted by atomic mass is 79.9. The minimum atomic E-state index is -3.42. The molecule has 1 heterocycles. The first kappa shape index (κ1) is 16.2. The fourth-order valence-corrected chi connectivity index (χ4v) is 4.23. The summed E-state index contributed by atoms with van der Waals surface area (Å²) in [7, 11) is -3.42. The van der Waals surface area contributed by atoms with Crippen LogP contribution in [0.25, 0.3) is 0 Å². The van der Waals surface area contributed by atoms with E-state index in [1.807, 2.05) is 12.1 Å². The van der Waals surface area contributed by atoms with Gasteiger partial charge < -0.3 is 5.32 Å². The van der Waals surface area contributed by atoms with Crippen molar-refractivity contribution in [2.24, 2.45) is 0 Å². The van der Waals surface area contributed by atoms with Crippen LogP contribution in [0.5, 0.6) is 0 Å². The highest BCUT2D eigenvalue weighted by molar-refractivity contribution is 9.11. The van der Waals surface area contributed by atoms with Crippen LogP contribution in [-0.2, 0) is 16.3 Å². The van der Waals surface area contributed by atoms with Crippen molar-refractivity contribution in [2.75, 3.05) is 12.8 Å². The maximum atomic E-state index is 12.1. The maximum Gasteiger partial charge on any atom is 0.252 e. The summed E-state index contributed by atoms with van der Waals surface area (Å²) in [6.07, 6.45) is 1.81. The van der Waals surface area contributed by atoms with Crippen LogP contribution in [0, 0.1) is 0 Å². The first-order valence-corrected chi connectivity index (χ1v) is 9.69. The second-order valence-corrected chi connectivity index (χ2v) is 9.01. The van der Waals surface area contributed by atoms with E-state index in [1.54, 1.807) is 23.5 Å². The van der Waals surface area contributed by atoms with Crippen LogP contribution in [0.4, 0.5) is 0 Å². The third-order valence-corrected chi connectivity index (χ3v) is 5.66. The summed E-state index contributed by atoms with van der Waals surface area (Å²) in [6, 6.07) is 10.2. The number of thiophene rings is 1. The SMILES string of the molecule is CS(=O)(=O)c1ccccc1C(=O)NCCc1ccc(Br)s1. The Bertz CT molecular complexity index is 753.